The molecule has 1 heterocycles. The number of rotatable bonds is 4. The molecule has 0 unspecified atom stereocenters. The van der Waals surface area contributed by atoms with E-state index in [0.717, 1.165) is 16.5 Å². The largest absolute Gasteiger partial charge is 0.355 e. The molecule has 2 aromatic carbocycles. The Morgan fingerprint density at radius 2 is 1.70 bits per heavy atom. The smallest absolute Gasteiger partial charge is 0.297 e. The van der Waals surface area contributed by atoms with Crippen LogP contribution in [0.2, 0.25) is 0 Å². The first kappa shape index (κ1) is 15.3. The summed E-state index contributed by atoms with van der Waals surface area (Å²) in [4.78, 5) is 9.93. The van der Waals surface area contributed by atoms with Gasteiger partial charge in [-0.2, -0.15) is 0 Å². The molecule has 3 aromatic rings. The van der Waals surface area contributed by atoms with Gasteiger partial charge in [0.25, 0.3) is 6.43 Å². The van der Waals surface area contributed by atoms with Crippen molar-refractivity contribution in [3.05, 3.63) is 65.5 Å². The molecule has 23 heavy (non-hydrogen) atoms. The van der Waals surface area contributed by atoms with Crippen LogP contribution in [0.4, 0.5) is 14.6 Å². The first-order chi connectivity index (χ1) is 11.1. The average Bonchev–Trinajstić information content (AvgIpc) is 2.55. The van der Waals surface area contributed by atoms with Crippen LogP contribution >= 0.6 is 0 Å². The molecule has 0 aliphatic heterocycles. The lowest BCUT2D eigenvalue weighted by atomic mass is 10.1. The fourth-order valence-electron chi connectivity index (χ4n) is 2.58. The zero-order valence-corrected chi connectivity index (χ0v) is 13.0. The fraction of sp³-hybridized carbons (Fsp3) is 0.222. The van der Waals surface area contributed by atoms with E-state index in [-0.39, 0.29) is 0 Å². The standard InChI is InChI=1S/C18H17F2N3/c1-12-7-3-4-8-13(12)11-23(2)18-14-9-5-6-10-15(14)21-17(22-18)16(19)20/h3-10,16H,11H2,1-2H3. The van der Waals surface area contributed by atoms with Gasteiger partial charge in [-0.15, -0.1) is 0 Å². The molecule has 0 fully saturated rings. The molecule has 0 spiro atoms. The lowest BCUT2D eigenvalue weighted by Crippen LogP contribution is -2.19. The number of alkyl halides is 2. The maximum atomic E-state index is 13.1. The monoisotopic (exact) mass is 313 g/mol. The third-order valence-corrected chi connectivity index (χ3v) is 3.83. The molecule has 3 nitrogen and oxygen atoms in total. The number of hydrogen-bond donors (Lipinski definition) is 0. The minimum absolute atomic E-state index is 0.435. The number of hydrogen-bond acceptors (Lipinski definition) is 3. The Kier molecular flexibility index (Phi) is 4.19. The summed E-state index contributed by atoms with van der Waals surface area (Å²) >= 11 is 0. The van der Waals surface area contributed by atoms with Gasteiger partial charge in [-0.05, 0) is 30.2 Å². The first-order valence-corrected chi connectivity index (χ1v) is 7.36. The number of halogens is 2. The number of aryl methyl sites for hydroxylation is 1. The summed E-state index contributed by atoms with van der Waals surface area (Å²) < 4.78 is 26.2. The lowest BCUT2D eigenvalue weighted by molar-refractivity contribution is 0.141. The van der Waals surface area contributed by atoms with E-state index in [1.807, 2.05) is 55.3 Å². The fourth-order valence-corrected chi connectivity index (χ4v) is 2.58. The normalized spacial score (nSPS) is 11.2. The third-order valence-electron chi connectivity index (χ3n) is 3.83. The van der Waals surface area contributed by atoms with Gasteiger partial charge < -0.3 is 4.90 Å². The predicted octanol–water partition coefficient (Wildman–Crippen LogP) is 4.51. The maximum absolute atomic E-state index is 13.1. The van der Waals surface area contributed by atoms with Crippen LogP contribution in [-0.4, -0.2) is 17.0 Å². The van der Waals surface area contributed by atoms with E-state index in [2.05, 4.69) is 9.97 Å². The quantitative estimate of drug-likeness (QED) is 0.709. The van der Waals surface area contributed by atoms with E-state index < -0.39 is 12.2 Å². The lowest BCUT2D eigenvalue weighted by Gasteiger charge is -2.21. The Balaban J connectivity index is 2.05. The topological polar surface area (TPSA) is 29.0 Å². The predicted molar refractivity (Wildman–Crippen MR) is 87.8 cm³/mol. The number of nitrogens with zero attached hydrogens (tertiary/aromatic N) is 3. The van der Waals surface area contributed by atoms with Crippen molar-refractivity contribution in [2.75, 3.05) is 11.9 Å². The number of para-hydroxylation sites is 1. The van der Waals surface area contributed by atoms with Gasteiger partial charge in [0.1, 0.15) is 5.82 Å². The van der Waals surface area contributed by atoms with Crippen LogP contribution in [-0.2, 0) is 6.54 Å². The minimum atomic E-state index is -2.69. The van der Waals surface area contributed by atoms with Crippen molar-refractivity contribution in [3.63, 3.8) is 0 Å². The van der Waals surface area contributed by atoms with Crippen LogP contribution < -0.4 is 4.90 Å². The Hall–Kier alpha value is -2.56. The van der Waals surface area contributed by atoms with Crippen molar-refractivity contribution >= 4 is 16.7 Å². The molecule has 0 aliphatic carbocycles. The second-order valence-electron chi connectivity index (χ2n) is 5.51. The average molecular weight is 313 g/mol. The van der Waals surface area contributed by atoms with Gasteiger partial charge in [0.05, 0.1) is 5.52 Å². The van der Waals surface area contributed by atoms with Gasteiger partial charge >= 0.3 is 0 Å². The van der Waals surface area contributed by atoms with Crippen LogP contribution in [0.1, 0.15) is 23.4 Å². The number of fused-ring (bicyclic) bond motifs is 1. The van der Waals surface area contributed by atoms with Crippen molar-refractivity contribution in [2.24, 2.45) is 0 Å². The molecule has 0 amide bonds. The molecule has 118 valence electrons. The highest BCUT2D eigenvalue weighted by Crippen LogP contribution is 2.27. The van der Waals surface area contributed by atoms with E-state index in [1.54, 1.807) is 12.1 Å². The van der Waals surface area contributed by atoms with Crippen LogP contribution in [0.15, 0.2) is 48.5 Å². The van der Waals surface area contributed by atoms with Crippen LogP contribution in [0.3, 0.4) is 0 Å². The van der Waals surface area contributed by atoms with Gasteiger partial charge in [0.15, 0.2) is 5.82 Å². The summed E-state index contributed by atoms with van der Waals surface area (Å²) in [6, 6.07) is 15.2. The van der Waals surface area contributed by atoms with Gasteiger partial charge in [-0.1, -0.05) is 36.4 Å². The molecule has 0 aliphatic rings. The van der Waals surface area contributed by atoms with Crippen LogP contribution in [0.25, 0.3) is 10.9 Å². The summed E-state index contributed by atoms with van der Waals surface area (Å²) in [5, 5.41) is 0.771. The van der Waals surface area contributed by atoms with Crippen molar-refractivity contribution in [3.8, 4) is 0 Å². The van der Waals surface area contributed by atoms with Gasteiger partial charge in [-0.3, -0.25) is 0 Å². The SMILES string of the molecule is Cc1ccccc1CN(C)c1nc(C(F)F)nc2ccccc12. The van der Waals surface area contributed by atoms with E-state index in [0.29, 0.717) is 17.9 Å². The molecule has 0 atom stereocenters. The zero-order chi connectivity index (χ0) is 16.4. The Labute approximate surface area is 133 Å². The molecule has 5 heteroatoms. The third kappa shape index (κ3) is 3.13. The summed E-state index contributed by atoms with van der Waals surface area (Å²) in [5.41, 5.74) is 2.83. The van der Waals surface area contributed by atoms with E-state index >= 15 is 0 Å². The van der Waals surface area contributed by atoms with Crippen LogP contribution in [0.5, 0.6) is 0 Å². The molecule has 0 saturated heterocycles. The number of benzene rings is 2. The first-order valence-electron chi connectivity index (χ1n) is 7.36. The highest BCUT2D eigenvalue weighted by Gasteiger charge is 2.17. The molecular weight excluding hydrogens is 296 g/mol. The molecule has 0 bridgehead atoms. The molecular formula is C18H17F2N3. The Morgan fingerprint density at radius 1 is 1.00 bits per heavy atom. The summed E-state index contributed by atoms with van der Waals surface area (Å²) in [6.07, 6.45) is -2.69. The Bertz CT molecular complexity index is 833. The number of aromatic nitrogens is 2. The van der Waals surface area contributed by atoms with E-state index in [9.17, 15) is 8.78 Å². The van der Waals surface area contributed by atoms with Gasteiger partial charge in [0.2, 0.25) is 0 Å². The molecule has 0 saturated carbocycles. The molecule has 0 radical (unpaired) electrons. The minimum Gasteiger partial charge on any atom is -0.355 e. The second-order valence-corrected chi connectivity index (χ2v) is 5.51. The highest BCUT2D eigenvalue weighted by atomic mass is 19.3. The summed E-state index contributed by atoms with van der Waals surface area (Å²) in [6.45, 7) is 2.63. The van der Waals surface area contributed by atoms with Crippen molar-refractivity contribution in [1.29, 1.82) is 0 Å². The second kappa shape index (κ2) is 6.28. The van der Waals surface area contributed by atoms with Crippen molar-refractivity contribution in [1.82, 2.24) is 9.97 Å². The van der Waals surface area contributed by atoms with E-state index in [1.165, 1.54) is 0 Å². The zero-order valence-electron chi connectivity index (χ0n) is 13.0. The molecule has 3 rings (SSSR count). The van der Waals surface area contributed by atoms with Gasteiger partial charge in [0, 0.05) is 19.0 Å². The van der Waals surface area contributed by atoms with Crippen molar-refractivity contribution in [2.45, 2.75) is 19.9 Å². The Morgan fingerprint density at radius 3 is 2.43 bits per heavy atom. The summed E-state index contributed by atoms with van der Waals surface area (Å²) in [7, 11) is 1.86. The van der Waals surface area contributed by atoms with Crippen LogP contribution in [0, 0.1) is 6.92 Å². The number of anilines is 1. The van der Waals surface area contributed by atoms with E-state index in [4.69, 9.17) is 0 Å². The summed E-state index contributed by atoms with van der Waals surface area (Å²) in [5.74, 6) is 0.0875. The molecule has 1 aromatic heterocycles. The highest BCUT2D eigenvalue weighted by molar-refractivity contribution is 5.89. The molecule has 0 N–H and O–H groups in total. The van der Waals surface area contributed by atoms with Gasteiger partial charge in [-0.25, -0.2) is 18.7 Å². The van der Waals surface area contributed by atoms with Crippen molar-refractivity contribution < 1.29 is 8.78 Å². The maximum Gasteiger partial charge on any atom is 0.297 e.